The van der Waals surface area contributed by atoms with Crippen LogP contribution in [0.15, 0.2) is 43.3 Å². The quantitative estimate of drug-likeness (QED) is 0.822. The van der Waals surface area contributed by atoms with E-state index in [2.05, 4.69) is 4.52 Å². The zero-order valence-electron chi connectivity index (χ0n) is 11.1. The molecule has 108 valence electrons. The molecular formula is C12H14N2O5S. The van der Waals surface area contributed by atoms with Crippen molar-refractivity contribution >= 4 is 10.0 Å². The van der Waals surface area contributed by atoms with Gasteiger partial charge in [-0.05, 0) is 29.6 Å². The predicted octanol–water partition coefficient (Wildman–Crippen LogP) is 0.558. The van der Waals surface area contributed by atoms with Gasteiger partial charge in [0.25, 0.3) is 10.0 Å². The fraction of sp³-hybridized carbons (Fsp3) is 0.333. The molecule has 0 bridgehead atoms. The molecule has 0 atom stereocenters. The maximum Gasteiger partial charge on any atom is 0.443 e. The second-order valence-electron chi connectivity index (χ2n) is 4.34. The first-order valence-electron chi connectivity index (χ1n) is 6.03. The van der Waals surface area contributed by atoms with Crippen molar-refractivity contribution in [2.45, 2.75) is 31.7 Å². The van der Waals surface area contributed by atoms with E-state index >= 15 is 0 Å². The summed E-state index contributed by atoms with van der Waals surface area (Å²) in [5, 5.41) is 0. The number of benzene rings is 1. The van der Waals surface area contributed by atoms with Gasteiger partial charge < -0.3 is 4.52 Å². The topological polar surface area (TPSA) is 91.3 Å². The normalized spacial score (nSPS) is 11.7. The van der Waals surface area contributed by atoms with E-state index in [4.69, 9.17) is 0 Å². The third-order valence-corrected chi connectivity index (χ3v) is 4.29. The molecule has 8 heteroatoms. The minimum absolute atomic E-state index is 0.109. The van der Waals surface area contributed by atoms with Crippen molar-refractivity contribution in [1.29, 1.82) is 0 Å². The van der Waals surface area contributed by atoms with Crippen LogP contribution in [0, 0.1) is 6.92 Å². The lowest BCUT2D eigenvalue weighted by atomic mass is 10.2. The van der Waals surface area contributed by atoms with Crippen LogP contribution in [0.25, 0.3) is 0 Å². The molecule has 7 nitrogen and oxygen atoms in total. The van der Waals surface area contributed by atoms with E-state index in [1.165, 1.54) is 12.1 Å². The van der Waals surface area contributed by atoms with E-state index in [0.717, 1.165) is 10.1 Å². The van der Waals surface area contributed by atoms with Crippen LogP contribution >= 0.6 is 0 Å². The summed E-state index contributed by atoms with van der Waals surface area (Å²) in [6.45, 7) is 3.68. The van der Waals surface area contributed by atoms with E-state index in [-0.39, 0.29) is 15.6 Å². The number of nitrogens with zero attached hydrogens (tertiary/aromatic N) is 2. The molecule has 0 N–H and O–H groups in total. The number of rotatable bonds is 4. The zero-order valence-corrected chi connectivity index (χ0v) is 11.9. The van der Waals surface area contributed by atoms with Gasteiger partial charge in [0.05, 0.1) is 4.90 Å². The highest BCUT2D eigenvalue weighted by atomic mass is 32.2. The number of aromatic nitrogens is 2. The summed E-state index contributed by atoms with van der Waals surface area (Å²) < 4.78 is 30.0. The van der Waals surface area contributed by atoms with Crippen molar-refractivity contribution < 1.29 is 12.9 Å². The predicted molar refractivity (Wildman–Crippen MR) is 71.3 cm³/mol. The van der Waals surface area contributed by atoms with Crippen LogP contribution in [0.1, 0.15) is 18.9 Å². The Bertz CT molecular complexity index is 824. The molecule has 2 aromatic rings. The highest BCUT2D eigenvalue weighted by molar-refractivity contribution is 7.89. The molecule has 0 unspecified atom stereocenters. The molecule has 20 heavy (non-hydrogen) atoms. The van der Waals surface area contributed by atoms with Gasteiger partial charge in [0.2, 0.25) is 0 Å². The van der Waals surface area contributed by atoms with Gasteiger partial charge in [-0.1, -0.05) is 24.6 Å². The highest BCUT2D eigenvalue weighted by Crippen LogP contribution is 2.12. The number of hydrogen-bond donors (Lipinski definition) is 0. The Labute approximate surface area is 115 Å². The Kier molecular flexibility index (Phi) is 3.67. The largest absolute Gasteiger partial charge is 0.443 e. The molecule has 1 heterocycles. The molecular weight excluding hydrogens is 284 g/mol. The van der Waals surface area contributed by atoms with Gasteiger partial charge in [-0.25, -0.2) is 14.2 Å². The lowest BCUT2D eigenvalue weighted by Gasteiger charge is -2.02. The molecule has 2 rings (SSSR count). The van der Waals surface area contributed by atoms with Gasteiger partial charge >= 0.3 is 11.4 Å². The minimum atomic E-state index is -4.19. The average Bonchev–Trinajstić information content (AvgIpc) is 2.68. The molecule has 0 aliphatic carbocycles. The summed E-state index contributed by atoms with van der Waals surface area (Å²) in [5.74, 6) is -0.979. The van der Waals surface area contributed by atoms with Crippen molar-refractivity contribution in [2.24, 2.45) is 0 Å². The van der Waals surface area contributed by atoms with Gasteiger partial charge in [-0.15, -0.1) is 0 Å². The second kappa shape index (κ2) is 5.12. The standard InChI is InChI=1S/C12H14N2O5S/c1-3-8-13-11(15)14(19-12(13)16)20(17,18)10-6-4-9(2)5-7-10/h4-7H,3,8H2,1-2H3. The molecule has 0 aliphatic rings. The van der Waals surface area contributed by atoms with Crippen LogP contribution in [-0.2, 0) is 16.6 Å². The summed E-state index contributed by atoms with van der Waals surface area (Å²) >= 11 is 0. The Hall–Kier alpha value is -2.09. The number of aryl methyl sites for hydroxylation is 1. The van der Waals surface area contributed by atoms with E-state index < -0.39 is 21.5 Å². The number of hydrogen-bond acceptors (Lipinski definition) is 5. The fourth-order valence-electron chi connectivity index (χ4n) is 1.70. The van der Waals surface area contributed by atoms with Crippen LogP contribution in [0.5, 0.6) is 0 Å². The molecule has 0 aliphatic heterocycles. The van der Waals surface area contributed by atoms with Crippen molar-refractivity contribution in [1.82, 2.24) is 8.71 Å². The van der Waals surface area contributed by atoms with E-state index in [1.807, 2.05) is 0 Å². The first kappa shape index (κ1) is 14.3. The molecule has 0 fully saturated rings. The van der Waals surface area contributed by atoms with Crippen LogP contribution in [0.3, 0.4) is 0 Å². The van der Waals surface area contributed by atoms with E-state index in [9.17, 15) is 18.0 Å². The van der Waals surface area contributed by atoms with Gasteiger partial charge in [-0.3, -0.25) is 0 Å². The van der Waals surface area contributed by atoms with Gasteiger partial charge in [0.1, 0.15) is 0 Å². The zero-order chi connectivity index (χ0) is 14.9. The fourth-order valence-corrected chi connectivity index (χ4v) is 2.84. The van der Waals surface area contributed by atoms with Gasteiger partial charge in [0, 0.05) is 6.54 Å². The summed E-state index contributed by atoms with van der Waals surface area (Å²) in [4.78, 5) is 23.3. The van der Waals surface area contributed by atoms with Crippen molar-refractivity contribution in [3.63, 3.8) is 0 Å². The lowest BCUT2D eigenvalue weighted by Crippen LogP contribution is -2.31. The summed E-state index contributed by atoms with van der Waals surface area (Å²) in [6, 6.07) is 5.90. The Morgan fingerprint density at radius 1 is 1.15 bits per heavy atom. The maximum atomic E-state index is 12.3. The van der Waals surface area contributed by atoms with Gasteiger partial charge in [0.15, 0.2) is 0 Å². The Balaban J connectivity index is 2.61. The van der Waals surface area contributed by atoms with Crippen LogP contribution in [-0.4, -0.2) is 17.1 Å². The average molecular weight is 298 g/mol. The minimum Gasteiger partial charge on any atom is -0.301 e. The molecule has 0 spiro atoms. The first-order valence-corrected chi connectivity index (χ1v) is 7.47. The second-order valence-corrected chi connectivity index (χ2v) is 6.09. The van der Waals surface area contributed by atoms with Crippen LogP contribution in [0.4, 0.5) is 0 Å². The molecule has 0 saturated carbocycles. The SMILES string of the molecule is CCCn1c(=O)on(S(=O)(=O)c2ccc(C)cc2)c1=O. The lowest BCUT2D eigenvalue weighted by molar-refractivity contribution is 0.330. The summed E-state index contributed by atoms with van der Waals surface area (Å²) in [5.41, 5.74) is -0.112. The Morgan fingerprint density at radius 2 is 1.75 bits per heavy atom. The molecule has 0 radical (unpaired) electrons. The van der Waals surface area contributed by atoms with E-state index in [1.54, 1.807) is 26.0 Å². The highest BCUT2D eigenvalue weighted by Gasteiger charge is 2.25. The monoisotopic (exact) mass is 298 g/mol. The molecule has 0 amide bonds. The smallest absolute Gasteiger partial charge is 0.301 e. The van der Waals surface area contributed by atoms with Crippen LogP contribution < -0.4 is 11.4 Å². The first-order chi connectivity index (χ1) is 9.37. The van der Waals surface area contributed by atoms with Crippen molar-refractivity contribution in [2.75, 3.05) is 0 Å². The maximum absolute atomic E-state index is 12.3. The summed E-state index contributed by atoms with van der Waals surface area (Å²) in [6.07, 6.45) is 0.513. The van der Waals surface area contributed by atoms with Crippen LogP contribution in [0.2, 0.25) is 0 Å². The van der Waals surface area contributed by atoms with Gasteiger partial charge in [-0.2, -0.15) is 8.42 Å². The van der Waals surface area contributed by atoms with Crippen molar-refractivity contribution in [3.05, 3.63) is 50.9 Å². The third-order valence-electron chi connectivity index (χ3n) is 2.75. The molecule has 1 aromatic heterocycles. The molecule has 1 aromatic carbocycles. The molecule has 0 saturated heterocycles. The Morgan fingerprint density at radius 3 is 2.30 bits per heavy atom. The third kappa shape index (κ3) is 2.34. The summed E-state index contributed by atoms with van der Waals surface area (Å²) in [7, 11) is -4.19. The van der Waals surface area contributed by atoms with E-state index in [0.29, 0.717) is 6.42 Å². The van der Waals surface area contributed by atoms with Crippen molar-refractivity contribution in [3.8, 4) is 0 Å².